The molecule has 19 heavy (non-hydrogen) atoms. The Balaban J connectivity index is 1.80. The average Bonchev–Trinajstić information content (AvgIpc) is 2.64. The van der Waals surface area contributed by atoms with Gasteiger partial charge in [0.2, 0.25) is 0 Å². The van der Waals surface area contributed by atoms with Crippen molar-refractivity contribution in [2.75, 3.05) is 39.3 Å². The van der Waals surface area contributed by atoms with Crippen LogP contribution in [0.25, 0.3) is 0 Å². The summed E-state index contributed by atoms with van der Waals surface area (Å²) in [6.07, 6.45) is 2.28. The molecular formula is C15H24FN3. The zero-order chi connectivity index (χ0) is 13.5. The highest BCUT2D eigenvalue weighted by atomic mass is 19.1. The molecule has 0 aromatic heterocycles. The minimum absolute atomic E-state index is 0.160. The molecule has 0 atom stereocenters. The van der Waals surface area contributed by atoms with Gasteiger partial charge >= 0.3 is 0 Å². The van der Waals surface area contributed by atoms with Gasteiger partial charge in [-0.25, -0.2) is 4.39 Å². The molecule has 1 aromatic carbocycles. The first kappa shape index (κ1) is 14.4. The molecule has 1 aliphatic rings. The van der Waals surface area contributed by atoms with Gasteiger partial charge in [-0.15, -0.1) is 0 Å². The largest absolute Gasteiger partial charge is 0.330 e. The summed E-state index contributed by atoms with van der Waals surface area (Å²) < 4.78 is 12.9. The number of halogens is 1. The molecule has 0 unspecified atom stereocenters. The third-order valence-corrected chi connectivity index (χ3v) is 3.68. The lowest BCUT2D eigenvalue weighted by molar-refractivity contribution is 0.251. The summed E-state index contributed by atoms with van der Waals surface area (Å²) >= 11 is 0. The zero-order valence-electron chi connectivity index (χ0n) is 11.5. The molecule has 0 bridgehead atoms. The van der Waals surface area contributed by atoms with Crippen LogP contribution < -0.4 is 5.73 Å². The summed E-state index contributed by atoms with van der Waals surface area (Å²) in [5.41, 5.74) is 6.75. The Labute approximate surface area is 115 Å². The molecular weight excluding hydrogens is 241 g/mol. The predicted molar refractivity (Wildman–Crippen MR) is 76.4 cm³/mol. The van der Waals surface area contributed by atoms with E-state index in [1.54, 1.807) is 12.1 Å². The Hall–Kier alpha value is -0.970. The zero-order valence-corrected chi connectivity index (χ0v) is 11.5. The van der Waals surface area contributed by atoms with Crippen molar-refractivity contribution in [2.24, 2.45) is 5.73 Å². The smallest absolute Gasteiger partial charge is 0.123 e. The molecule has 0 saturated carbocycles. The fraction of sp³-hybridized carbons (Fsp3) is 0.600. The summed E-state index contributed by atoms with van der Waals surface area (Å²) in [5, 5.41) is 0. The normalized spacial score (nSPS) is 18.4. The molecule has 1 saturated heterocycles. The van der Waals surface area contributed by atoms with Gasteiger partial charge in [0.15, 0.2) is 0 Å². The first-order chi connectivity index (χ1) is 9.28. The van der Waals surface area contributed by atoms with Gasteiger partial charge in [-0.3, -0.25) is 4.90 Å². The van der Waals surface area contributed by atoms with Crippen LogP contribution in [0.5, 0.6) is 0 Å². The van der Waals surface area contributed by atoms with Gasteiger partial charge in [-0.05, 0) is 56.7 Å². The maximum absolute atomic E-state index is 12.9. The Bertz CT molecular complexity index is 366. The fourth-order valence-corrected chi connectivity index (χ4v) is 2.57. The fourth-order valence-electron chi connectivity index (χ4n) is 2.57. The second kappa shape index (κ2) is 7.58. The predicted octanol–water partition coefficient (Wildman–Crippen LogP) is 1.68. The van der Waals surface area contributed by atoms with Crippen molar-refractivity contribution < 1.29 is 4.39 Å². The van der Waals surface area contributed by atoms with Gasteiger partial charge in [0.1, 0.15) is 5.82 Å². The average molecular weight is 265 g/mol. The lowest BCUT2D eigenvalue weighted by atomic mass is 10.2. The lowest BCUT2D eigenvalue weighted by Gasteiger charge is -2.21. The first-order valence-electron chi connectivity index (χ1n) is 7.17. The van der Waals surface area contributed by atoms with Crippen LogP contribution in [0.3, 0.4) is 0 Å². The van der Waals surface area contributed by atoms with Gasteiger partial charge in [-0.2, -0.15) is 0 Å². The number of rotatable bonds is 5. The highest BCUT2D eigenvalue weighted by Crippen LogP contribution is 2.10. The van der Waals surface area contributed by atoms with Crippen molar-refractivity contribution in [1.82, 2.24) is 9.80 Å². The Morgan fingerprint density at radius 1 is 1.00 bits per heavy atom. The molecule has 1 aromatic rings. The van der Waals surface area contributed by atoms with Gasteiger partial charge in [0.05, 0.1) is 0 Å². The molecule has 1 aliphatic heterocycles. The third kappa shape index (κ3) is 4.90. The van der Waals surface area contributed by atoms with Crippen molar-refractivity contribution in [2.45, 2.75) is 19.4 Å². The van der Waals surface area contributed by atoms with E-state index in [-0.39, 0.29) is 5.82 Å². The molecule has 1 fully saturated rings. The minimum Gasteiger partial charge on any atom is -0.330 e. The standard InChI is InChI=1S/C15H24FN3/c16-15-5-3-14(4-6-15)13-19-10-2-9-18(11-12-19)8-1-7-17/h3-6H,1-2,7-13,17H2. The van der Waals surface area contributed by atoms with Crippen molar-refractivity contribution in [3.8, 4) is 0 Å². The van der Waals surface area contributed by atoms with E-state index in [2.05, 4.69) is 9.80 Å². The minimum atomic E-state index is -0.160. The van der Waals surface area contributed by atoms with Crippen molar-refractivity contribution >= 4 is 0 Å². The quantitative estimate of drug-likeness (QED) is 0.879. The molecule has 0 aliphatic carbocycles. The summed E-state index contributed by atoms with van der Waals surface area (Å²) in [6.45, 7) is 7.29. The highest BCUT2D eigenvalue weighted by molar-refractivity contribution is 5.15. The number of hydrogen-bond donors (Lipinski definition) is 1. The highest BCUT2D eigenvalue weighted by Gasteiger charge is 2.14. The van der Waals surface area contributed by atoms with E-state index >= 15 is 0 Å². The number of nitrogens with two attached hydrogens (primary N) is 1. The Kier molecular flexibility index (Phi) is 5.76. The first-order valence-corrected chi connectivity index (χ1v) is 7.17. The Morgan fingerprint density at radius 3 is 2.42 bits per heavy atom. The molecule has 4 heteroatoms. The molecule has 3 nitrogen and oxygen atoms in total. The van der Waals surface area contributed by atoms with E-state index in [1.807, 2.05) is 12.1 Å². The van der Waals surface area contributed by atoms with E-state index in [0.717, 1.165) is 45.7 Å². The summed E-state index contributed by atoms with van der Waals surface area (Å²) in [7, 11) is 0. The van der Waals surface area contributed by atoms with Crippen LogP contribution >= 0.6 is 0 Å². The van der Waals surface area contributed by atoms with Crippen LogP contribution in [0.15, 0.2) is 24.3 Å². The van der Waals surface area contributed by atoms with Gasteiger partial charge in [0, 0.05) is 19.6 Å². The molecule has 106 valence electrons. The lowest BCUT2D eigenvalue weighted by Crippen LogP contribution is -2.31. The summed E-state index contributed by atoms with van der Waals surface area (Å²) in [4.78, 5) is 4.95. The SMILES string of the molecule is NCCCN1CCCN(Cc2ccc(F)cc2)CC1. The molecule has 1 heterocycles. The monoisotopic (exact) mass is 265 g/mol. The van der Waals surface area contributed by atoms with Crippen LogP contribution in [0.2, 0.25) is 0 Å². The summed E-state index contributed by atoms with van der Waals surface area (Å²) in [5.74, 6) is -0.160. The molecule has 2 N–H and O–H groups in total. The topological polar surface area (TPSA) is 32.5 Å². The maximum atomic E-state index is 12.9. The van der Waals surface area contributed by atoms with Crippen LogP contribution in [0, 0.1) is 5.82 Å². The van der Waals surface area contributed by atoms with E-state index in [4.69, 9.17) is 5.73 Å². The van der Waals surface area contributed by atoms with Crippen molar-refractivity contribution in [1.29, 1.82) is 0 Å². The molecule has 0 amide bonds. The Morgan fingerprint density at radius 2 is 1.68 bits per heavy atom. The van der Waals surface area contributed by atoms with Crippen molar-refractivity contribution in [3.05, 3.63) is 35.6 Å². The third-order valence-electron chi connectivity index (χ3n) is 3.68. The maximum Gasteiger partial charge on any atom is 0.123 e. The number of benzene rings is 1. The molecule has 0 spiro atoms. The molecule has 0 radical (unpaired) electrons. The van der Waals surface area contributed by atoms with Gasteiger partial charge in [0.25, 0.3) is 0 Å². The second-order valence-electron chi connectivity index (χ2n) is 5.24. The molecule has 2 rings (SSSR count). The van der Waals surface area contributed by atoms with E-state index in [9.17, 15) is 4.39 Å². The number of hydrogen-bond acceptors (Lipinski definition) is 3. The van der Waals surface area contributed by atoms with Crippen LogP contribution in [-0.4, -0.2) is 49.1 Å². The van der Waals surface area contributed by atoms with Crippen LogP contribution in [0.1, 0.15) is 18.4 Å². The summed E-state index contributed by atoms with van der Waals surface area (Å²) in [6, 6.07) is 6.85. The van der Waals surface area contributed by atoms with Gasteiger partial charge in [-0.1, -0.05) is 12.1 Å². The van der Waals surface area contributed by atoms with Gasteiger partial charge < -0.3 is 10.6 Å². The number of nitrogens with zero attached hydrogens (tertiary/aromatic N) is 2. The van der Waals surface area contributed by atoms with E-state index in [1.165, 1.54) is 18.5 Å². The van der Waals surface area contributed by atoms with E-state index in [0.29, 0.717) is 0 Å². The second-order valence-corrected chi connectivity index (χ2v) is 5.24. The van der Waals surface area contributed by atoms with Crippen molar-refractivity contribution in [3.63, 3.8) is 0 Å². The van der Waals surface area contributed by atoms with Crippen LogP contribution in [0.4, 0.5) is 4.39 Å². The van der Waals surface area contributed by atoms with E-state index < -0.39 is 0 Å². The van der Waals surface area contributed by atoms with Crippen LogP contribution in [-0.2, 0) is 6.54 Å².